The molecule has 6 nitrogen and oxygen atoms in total. The van der Waals surface area contributed by atoms with Gasteiger partial charge in [0.15, 0.2) is 5.82 Å². The third-order valence-electron chi connectivity index (χ3n) is 4.96. The van der Waals surface area contributed by atoms with E-state index in [1.807, 2.05) is 17.8 Å². The fraction of sp³-hybridized carbons (Fsp3) is 0.421. The van der Waals surface area contributed by atoms with Gasteiger partial charge in [-0.05, 0) is 42.5 Å². The number of hydrogen-bond donors (Lipinski definition) is 0. The van der Waals surface area contributed by atoms with Crippen LogP contribution in [0.25, 0.3) is 0 Å². The van der Waals surface area contributed by atoms with Crippen molar-refractivity contribution in [1.82, 2.24) is 13.9 Å². The first-order valence-electron chi connectivity index (χ1n) is 8.79. The van der Waals surface area contributed by atoms with E-state index in [-0.39, 0.29) is 5.92 Å². The molecule has 3 heterocycles. The van der Waals surface area contributed by atoms with E-state index >= 15 is 0 Å². The topological polar surface area (TPSA) is 64.4 Å². The highest BCUT2D eigenvalue weighted by Crippen LogP contribution is 2.30. The van der Waals surface area contributed by atoms with E-state index in [0.29, 0.717) is 24.6 Å². The molecule has 0 saturated carbocycles. The molecule has 2 aliphatic rings. The molecular formula is C19H21N3O3S. The fourth-order valence-electron chi connectivity index (χ4n) is 3.37. The van der Waals surface area contributed by atoms with Crippen molar-refractivity contribution < 1.29 is 13.2 Å². The van der Waals surface area contributed by atoms with Gasteiger partial charge in [0, 0.05) is 44.9 Å². The second-order valence-electron chi connectivity index (χ2n) is 6.68. The Morgan fingerprint density at radius 3 is 2.81 bits per heavy atom. The van der Waals surface area contributed by atoms with Crippen molar-refractivity contribution in [3.8, 4) is 17.6 Å². The van der Waals surface area contributed by atoms with Gasteiger partial charge in [-0.25, -0.2) is 13.4 Å². The molecule has 0 radical (unpaired) electrons. The Bertz CT molecular complexity index is 977. The summed E-state index contributed by atoms with van der Waals surface area (Å²) in [7, 11) is -1.55. The maximum absolute atomic E-state index is 12.9. The van der Waals surface area contributed by atoms with Gasteiger partial charge >= 0.3 is 0 Å². The van der Waals surface area contributed by atoms with Crippen molar-refractivity contribution in [1.29, 1.82) is 0 Å². The van der Waals surface area contributed by atoms with Crippen molar-refractivity contribution in [3.05, 3.63) is 42.0 Å². The molecule has 0 bridgehead atoms. The predicted octanol–water partition coefficient (Wildman–Crippen LogP) is 1.81. The van der Waals surface area contributed by atoms with Crippen molar-refractivity contribution >= 4 is 10.0 Å². The molecule has 7 heteroatoms. The summed E-state index contributed by atoms with van der Waals surface area (Å²) < 4.78 is 34.8. The third kappa shape index (κ3) is 3.22. The second-order valence-corrected chi connectivity index (χ2v) is 8.62. The molecule has 1 fully saturated rings. The Morgan fingerprint density at radius 2 is 2.08 bits per heavy atom. The van der Waals surface area contributed by atoms with Gasteiger partial charge in [0.25, 0.3) is 0 Å². The first kappa shape index (κ1) is 17.1. The van der Waals surface area contributed by atoms with Gasteiger partial charge in [-0.1, -0.05) is 5.92 Å². The van der Waals surface area contributed by atoms with E-state index in [1.54, 1.807) is 28.7 Å². The van der Waals surface area contributed by atoms with Crippen LogP contribution in [0, 0.1) is 17.8 Å². The molecule has 0 atom stereocenters. The van der Waals surface area contributed by atoms with Gasteiger partial charge in [-0.3, -0.25) is 0 Å². The number of sulfonamides is 1. The average Bonchev–Trinajstić information content (AvgIpc) is 3.28. The van der Waals surface area contributed by atoms with Crippen LogP contribution in [0.4, 0.5) is 0 Å². The predicted molar refractivity (Wildman–Crippen MR) is 97.2 cm³/mol. The number of aryl methyl sites for hydroxylation is 1. The number of benzene rings is 1. The molecular weight excluding hydrogens is 350 g/mol. The van der Waals surface area contributed by atoms with Crippen LogP contribution in [-0.4, -0.2) is 42.0 Å². The van der Waals surface area contributed by atoms with Gasteiger partial charge in [0.05, 0.1) is 11.5 Å². The van der Waals surface area contributed by atoms with E-state index in [1.165, 1.54) is 0 Å². The smallest absolute Gasteiger partial charge is 0.243 e. The van der Waals surface area contributed by atoms with Gasteiger partial charge in [-0.15, -0.1) is 0 Å². The van der Waals surface area contributed by atoms with Crippen LogP contribution in [0.1, 0.15) is 24.2 Å². The van der Waals surface area contributed by atoms with Crippen LogP contribution in [0.3, 0.4) is 0 Å². The maximum atomic E-state index is 12.9. The molecule has 26 heavy (non-hydrogen) atoms. The molecule has 1 aromatic carbocycles. The molecule has 0 amide bonds. The van der Waals surface area contributed by atoms with Crippen LogP contribution in [-0.2, 0) is 23.5 Å². The quantitative estimate of drug-likeness (QED) is 0.756. The third-order valence-corrected chi connectivity index (χ3v) is 6.86. The molecule has 1 aromatic heterocycles. The number of rotatable bonds is 2. The minimum atomic E-state index is -3.46. The lowest BCUT2D eigenvalue weighted by molar-refractivity contribution is 0.311. The van der Waals surface area contributed by atoms with E-state index in [9.17, 15) is 8.42 Å². The summed E-state index contributed by atoms with van der Waals surface area (Å²) in [4.78, 5) is 4.56. The molecule has 4 rings (SSSR count). The summed E-state index contributed by atoms with van der Waals surface area (Å²) in [6.07, 6.45) is 5.83. The zero-order valence-corrected chi connectivity index (χ0v) is 15.5. The number of ether oxygens (including phenoxy) is 1. The fourth-order valence-corrected chi connectivity index (χ4v) is 4.89. The summed E-state index contributed by atoms with van der Waals surface area (Å²) in [6, 6.07) is 5.16. The lowest BCUT2D eigenvalue weighted by Gasteiger charge is -2.29. The molecule has 0 spiro atoms. The number of nitrogens with zero attached hydrogens (tertiary/aromatic N) is 3. The monoisotopic (exact) mass is 371 g/mol. The molecule has 0 aliphatic carbocycles. The number of hydrogen-bond acceptors (Lipinski definition) is 4. The van der Waals surface area contributed by atoms with Crippen molar-refractivity contribution in [3.63, 3.8) is 0 Å². The minimum Gasteiger partial charge on any atom is -0.493 e. The zero-order valence-electron chi connectivity index (χ0n) is 14.7. The average molecular weight is 371 g/mol. The summed E-state index contributed by atoms with van der Waals surface area (Å²) in [5, 5.41) is 0. The van der Waals surface area contributed by atoms with Crippen molar-refractivity contribution in [2.24, 2.45) is 13.0 Å². The van der Waals surface area contributed by atoms with Gasteiger partial charge in [0.2, 0.25) is 10.0 Å². The lowest BCUT2D eigenvalue weighted by Crippen LogP contribution is -2.38. The lowest BCUT2D eigenvalue weighted by atomic mass is 9.99. The highest BCUT2D eigenvalue weighted by atomic mass is 32.2. The highest BCUT2D eigenvalue weighted by Gasteiger charge is 2.29. The first-order valence-corrected chi connectivity index (χ1v) is 10.2. The summed E-state index contributed by atoms with van der Waals surface area (Å²) in [5.41, 5.74) is 0.974. The summed E-state index contributed by atoms with van der Waals surface area (Å²) in [5.74, 6) is 8.07. The molecule has 2 aromatic rings. The van der Waals surface area contributed by atoms with E-state index < -0.39 is 10.0 Å². The highest BCUT2D eigenvalue weighted by molar-refractivity contribution is 7.89. The SMILES string of the molecule is Cn1ccnc1C#CC1CCN(S(=O)(=O)c2ccc3c(c2)CCO3)CC1. The van der Waals surface area contributed by atoms with Gasteiger partial charge in [-0.2, -0.15) is 4.31 Å². The van der Waals surface area contributed by atoms with Gasteiger partial charge < -0.3 is 9.30 Å². The Kier molecular flexibility index (Phi) is 4.47. The van der Waals surface area contributed by atoms with E-state index in [0.717, 1.165) is 36.4 Å². The Morgan fingerprint density at radius 1 is 1.27 bits per heavy atom. The first-order chi connectivity index (χ1) is 12.5. The molecule has 2 aliphatic heterocycles. The Balaban J connectivity index is 1.44. The van der Waals surface area contributed by atoms with Crippen LogP contribution in [0.2, 0.25) is 0 Å². The summed E-state index contributed by atoms with van der Waals surface area (Å²) in [6.45, 7) is 1.62. The van der Waals surface area contributed by atoms with Crippen molar-refractivity contribution in [2.75, 3.05) is 19.7 Å². The number of piperidine rings is 1. The van der Waals surface area contributed by atoms with Crippen LogP contribution in [0.5, 0.6) is 5.75 Å². The zero-order chi connectivity index (χ0) is 18.1. The number of imidazole rings is 1. The Hall–Kier alpha value is -2.30. The molecule has 0 N–H and O–H groups in total. The summed E-state index contributed by atoms with van der Waals surface area (Å²) >= 11 is 0. The molecule has 136 valence electrons. The standard InChI is InChI=1S/C19H21N3O3S/c1-21-12-9-20-19(21)5-2-15-6-10-22(11-7-15)26(23,24)17-3-4-18-16(14-17)8-13-25-18/h3-4,9,12,14-15H,6-8,10-11,13H2,1H3. The molecule has 0 unspecified atom stereocenters. The van der Waals surface area contributed by atoms with E-state index in [2.05, 4.69) is 16.8 Å². The normalized spacial score (nSPS) is 18.0. The largest absolute Gasteiger partial charge is 0.493 e. The molecule has 1 saturated heterocycles. The van der Waals surface area contributed by atoms with Crippen LogP contribution in [0.15, 0.2) is 35.5 Å². The second kappa shape index (κ2) is 6.78. The maximum Gasteiger partial charge on any atom is 0.243 e. The number of aromatic nitrogens is 2. The van der Waals surface area contributed by atoms with Crippen molar-refractivity contribution in [2.45, 2.75) is 24.2 Å². The van der Waals surface area contributed by atoms with Crippen LogP contribution < -0.4 is 4.74 Å². The van der Waals surface area contributed by atoms with Gasteiger partial charge in [0.1, 0.15) is 5.75 Å². The van der Waals surface area contributed by atoms with Crippen LogP contribution >= 0.6 is 0 Å². The van der Waals surface area contributed by atoms with E-state index in [4.69, 9.17) is 4.74 Å². The Labute approximate surface area is 153 Å². The number of fused-ring (bicyclic) bond motifs is 1. The minimum absolute atomic E-state index is 0.201.